The maximum absolute atomic E-state index is 12.5. The molecule has 8 nitrogen and oxygen atoms in total. The van der Waals surface area contributed by atoms with E-state index in [9.17, 15) is 9.59 Å². The molecule has 1 aromatic rings. The molecule has 2 saturated heterocycles. The minimum absolute atomic E-state index is 0.0214. The van der Waals surface area contributed by atoms with Gasteiger partial charge in [-0.3, -0.25) is 9.36 Å². The van der Waals surface area contributed by atoms with Crippen LogP contribution in [0.15, 0.2) is 4.79 Å². The first-order chi connectivity index (χ1) is 11.7. The summed E-state index contributed by atoms with van der Waals surface area (Å²) in [7, 11) is 0. The Bertz CT molecular complexity index is 664. The van der Waals surface area contributed by atoms with Crippen LogP contribution in [-0.4, -0.2) is 57.2 Å². The van der Waals surface area contributed by atoms with Crippen molar-refractivity contribution in [3.8, 4) is 0 Å². The molecule has 0 aliphatic carbocycles. The van der Waals surface area contributed by atoms with E-state index in [-0.39, 0.29) is 18.1 Å². The molecular formula is C16H24N4O4. The van der Waals surface area contributed by atoms with E-state index in [1.165, 1.54) is 4.68 Å². The van der Waals surface area contributed by atoms with Crippen LogP contribution in [0.1, 0.15) is 37.9 Å². The van der Waals surface area contributed by atoms with Gasteiger partial charge in [0.15, 0.2) is 5.79 Å². The third-order valence-electron chi connectivity index (χ3n) is 5.26. The fourth-order valence-corrected chi connectivity index (χ4v) is 3.84. The molecule has 0 radical (unpaired) electrons. The van der Waals surface area contributed by atoms with Crippen LogP contribution in [-0.2, 0) is 33.8 Å². The maximum atomic E-state index is 12.5. The van der Waals surface area contributed by atoms with Gasteiger partial charge in [-0.15, -0.1) is 0 Å². The average Bonchev–Trinajstić information content (AvgIpc) is 3.06. The van der Waals surface area contributed by atoms with Gasteiger partial charge in [0.25, 0.3) is 0 Å². The van der Waals surface area contributed by atoms with Crippen molar-refractivity contribution in [2.75, 3.05) is 26.3 Å². The highest BCUT2D eigenvalue weighted by Gasteiger charge is 2.40. The van der Waals surface area contributed by atoms with E-state index in [1.807, 2.05) is 0 Å². The monoisotopic (exact) mass is 336 g/mol. The van der Waals surface area contributed by atoms with Gasteiger partial charge < -0.3 is 14.4 Å². The zero-order valence-electron chi connectivity index (χ0n) is 13.9. The van der Waals surface area contributed by atoms with E-state index in [2.05, 4.69) is 5.10 Å². The summed E-state index contributed by atoms with van der Waals surface area (Å²) in [6, 6.07) is 0. The number of amides is 1. The first kappa shape index (κ1) is 15.8. The molecule has 24 heavy (non-hydrogen) atoms. The third-order valence-corrected chi connectivity index (χ3v) is 5.26. The van der Waals surface area contributed by atoms with Gasteiger partial charge in [0, 0.05) is 38.9 Å². The van der Waals surface area contributed by atoms with Crippen LogP contribution in [0.4, 0.5) is 0 Å². The Morgan fingerprint density at radius 1 is 1.08 bits per heavy atom. The lowest BCUT2D eigenvalue weighted by molar-refractivity contribution is -0.187. The van der Waals surface area contributed by atoms with E-state index in [0.29, 0.717) is 45.7 Å². The number of rotatable bonds is 2. The van der Waals surface area contributed by atoms with Gasteiger partial charge in [-0.1, -0.05) is 6.42 Å². The first-order valence-corrected chi connectivity index (χ1v) is 8.89. The molecule has 0 atom stereocenters. The van der Waals surface area contributed by atoms with Crippen LogP contribution < -0.4 is 5.69 Å². The lowest BCUT2D eigenvalue weighted by atomic mass is 10.0. The molecule has 0 aromatic carbocycles. The highest BCUT2D eigenvalue weighted by Crippen LogP contribution is 2.31. The normalized spacial score (nSPS) is 23.2. The van der Waals surface area contributed by atoms with Crippen molar-refractivity contribution in [3.05, 3.63) is 16.3 Å². The van der Waals surface area contributed by atoms with Crippen molar-refractivity contribution in [1.29, 1.82) is 0 Å². The first-order valence-electron chi connectivity index (χ1n) is 8.89. The van der Waals surface area contributed by atoms with Gasteiger partial charge in [-0.05, 0) is 12.8 Å². The molecule has 3 aliphatic rings. The van der Waals surface area contributed by atoms with Gasteiger partial charge in [-0.25, -0.2) is 9.48 Å². The van der Waals surface area contributed by atoms with Crippen molar-refractivity contribution in [2.24, 2.45) is 0 Å². The fourth-order valence-electron chi connectivity index (χ4n) is 3.84. The minimum atomic E-state index is -0.487. The number of hydrogen-bond acceptors (Lipinski definition) is 5. The predicted octanol–water partition coefficient (Wildman–Crippen LogP) is 0.137. The van der Waals surface area contributed by atoms with Crippen molar-refractivity contribution < 1.29 is 14.3 Å². The van der Waals surface area contributed by atoms with Gasteiger partial charge in [-0.2, -0.15) is 5.10 Å². The Morgan fingerprint density at radius 2 is 1.83 bits per heavy atom. The quantitative estimate of drug-likeness (QED) is 0.767. The SMILES string of the molecule is O=C(Cn1nc2n(c1=O)CCCCC2)N1CCC2(CC1)OCCO2. The predicted molar refractivity (Wildman–Crippen MR) is 84.5 cm³/mol. The second-order valence-electron chi connectivity index (χ2n) is 6.81. The van der Waals surface area contributed by atoms with Crippen molar-refractivity contribution in [1.82, 2.24) is 19.2 Å². The van der Waals surface area contributed by atoms with Gasteiger partial charge in [0.05, 0.1) is 13.2 Å². The Kier molecular flexibility index (Phi) is 4.17. The number of fused-ring (bicyclic) bond motifs is 1. The zero-order valence-corrected chi connectivity index (χ0v) is 13.9. The number of carbonyl (C=O) groups excluding carboxylic acids is 1. The van der Waals surface area contributed by atoms with E-state index in [4.69, 9.17) is 9.47 Å². The van der Waals surface area contributed by atoms with E-state index in [0.717, 1.165) is 31.5 Å². The molecule has 0 N–H and O–H groups in total. The molecule has 4 rings (SSSR count). The molecule has 2 fully saturated rings. The molecule has 4 heterocycles. The summed E-state index contributed by atoms with van der Waals surface area (Å²) in [5.41, 5.74) is -0.156. The number of carbonyl (C=O) groups is 1. The number of piperidine rings is 1. The number of likely N-dealkylation sites (tertiary alicyclic amines) is 1. The van der Waals surface area contributed by atoms with E-state index >= 15 is 0 Å². The van der Waals surface area contributed by atoms with Crippen molar-refractivity contribution in [2.45, 2.75) is 57.4 Å². The number of nitrogens with zero attached hydrogens (tertiary/aromatic N) is 4. The van der Waals surface area contributed by atoms with Crippen LogP contribution in [0.5, 0.6) is 0 Å². The summed E-state index contributed by atoms with van der Waals surface area (Å²) >= 11 is 0. The van der Waals surface area contributed by atoms with Gasteiger partial charge >= 0.3 is 5.69 Å². The molecule has 0 bridgehead atoms. The highest BCUT2D eigenvalue weighted by atomic mass is 16.7. The molecule has 132 valence electrons. The Hall–Kier alpha value is -1.67. The highest BCUT2D eigenvalue weighted by molar-refractivity contribution is 5.76. The van der Waals surface area contributed by atoms with Crippen LogP contribution >= 0.6 is 0 Å². The number of aromatic nitrogens is 3. The zero-order chi connectivity index (χ0) is 16.6. The number of aryl methyl sites for hydroxylation is 1. The maximum Gasteiger partial charge on any atom is 0.346 e. The van der Waals surface area contributed by atoms with Gasteiger partial charge in [0.1, 0.15) is 12.4 Å². The number of ether oxygens (including phenoxy) is 2. The molecular weight excluding hydrogens is 312 g/mol. The van der Waals surface area contributed by atoms with Gasteiger partial charge in [0.2, 0.25) is 5.91 Å². The summed E-state index contributed by atoms with van der Waals surface area (Å²) in [5, 5.41) is 4.39. The summed E-state index contributed by atoms with van der Waals surface area (Å²) < 4.78 is 14.4. The molecule has 1 aromatic heterocycles. The second-order valence-corrected chi connectivity index (χ2v) is 6.81. The van der Waals surface area contributed by atoms with Crippen LogP contribution in [0, 0.1) is 0 Å². The number of hydrogen-bond donors (Lipinski definition) is 0. The Labute approximate surface area is 140 Å². The lowest BCUT2D eigenvalue weighted by Gasteiger charge is -2.37. The minimum Gasteiger partial charge on any atom is -0.347 e. The second kappa shape index (κ2) is 6.33. The fraction of sp³-hybridized carbons (Fsp3) is 0.812. The largest absolute Gasteiger partial charge is 0.347 e. The van der Waals surface area contributed by atoms with Crippen LogP contribution in [0.3, 0.4) is 0 Å². The van der Waals surface area contributed by atoms with E-state index in [1.54, 1.807) is 9.47 Å². The summed E-state index contributed by atoms with van der Waals surface area (Å²) in [4.78, 5) is 26.8. The van der Waals surface area contributed by atoms with Crippen LogP contribution in [0.2, 0.25) is 0 Å². The Morgan fingerprint density at radius 3 is 2.58 bits per heavy atom. The molecule has 0 unspecified atom stereocenters. The lowest BCUT2D eigenvalue weighted by Crippen LogP contribution is -2.48. The average molecular weight is 336 g/mol. The molecule has 1 spiro atoms. The third kappa shape index (κ3) is 2.88. The van der Waals surface area contributed by atoms with Crippen molar-refractivity contribution in [3.63, 3.8) is 0 Å². The van der Waals surface area contributed by atoms with E-state index < -0.39 is 5.79 Å². The molecule has 1 amide bonds. The smallest absolute Gasteiger partial charge is 0.346 e. The summed E-state index contributed by atoms with van der Waals surface area (Å²) in [6.07, 6.45) is 5.37. The van der Waals surface area contributed by atoms with Crippen LogP contribution in [0.25, 0.3) is 0 Å². The topological polar surface area (TPSA) is 78.6 Å². The summed E-state index contributed by atoms with van der Waals surface area (Å²) in [5.74, 6) is 0.271. The standard InChI is InChI=1S/C16H24N4O4/c21-14(18-8-5-16(6-9-18)23-10-11-24-16)12-20-15(22)19-7-3-1-2-4-13(19)17-20/h1-12H2. The van der Waals surface area contributed by atoms with Crippen molar-refractivity contribution >= 4 is 5.91 Å². The molecule has 0 saturated carbocycles. The summed E-state index contributed by atoms with van der Waals surface area (Å²) in [6.45, 7) is 3.19. The Balaban J connectivity index is 1.41. The molecule has 3 aliphatic heterocycles. The molecule has 8 heteroatoms.